The number of carbonyl (C=O) groups excluding carboxylic acids is 1. The zero-order valence-electron chi connectivity index (χ0n) is 17.7. The SMILES string of the molecule is C=CCn1c(SC(C)C(=O)N(C)Cc2nc3ccccc3s2)nnc1-c1ccccc1F. The molecule has 164 valence electrons. The number of hydrogen-bond donors (Lipinski definition) is 0. The van der Waals surface area contributed by atoms with Gasteiger partial charge in [0.05, 0.1) is 27.6 Å². The fourth-order valence-electron chi connectivity index (χ4n) is 3.30. The molecule has 2 heterocycles. The molecule has 1 unspecified atom stereocenters. The number of aromatic nitrogens is 4. The van der Waals surface area contributed by atoms with Crippen LogP contribution in [0.5, 0.6) is 0 Å². The van der Waals surface area contributed by atoms with Crippen molar-refractivity contribution in [1.29, 1.82) is 0 Å². The molecule has 0 bridgehead atoms. The Balaban J connectivity index is 1.50. The van der Waals surface area contributed by atoms with Gasteiger partial charge in [-0.2, -0.15) is 0 Å². The van der Waals surface area contributed by atoms with Crippen molar-refractivity contribution in [2.45, 2.75) is 30.4 Å². The summed E-state index contributed by atoms with van der Waals surface area (Å²) in [7, 11) is 1.77. The average molecular weight is 468 g/mol. The number of allylic oxidation sites excluding steroid dienone is 1. The van der Waals surface area contributed by atoms with Crippen molar-refractivity contribution in [3.63, 3.8) is 0 Å². The zero-order valence-corrected chi connectivity index (χ0v) is 19.4. The highest BCUT2D eigenvalue weighted by molar-refractivity contribution is 8.00. The Hall–Kier alpha value is -3.04. The van der Waals surface area contributed by atoms with Gasteiger partial charge in [-0.05, 0) is 31.2 Å². The molecule has 0 aliphatic rings. The first-order valence-corrected chi connectivity index (χ1v) is 11.7. The maximum atomic E-state index is 14.3. The van der Waals surface area contributed by atoms with Crippen molar-refractivity contribution < 1.29 is 9.18 Å². The summed E-state index contributed by atoms with van der Waals surface area (Å²) in [5.41, 5.74) is 1.30. The Labute approximate surface area is 193 Å². The largest absolute Gasteiger partial charge is 0.338 e. The predicted molar refractivity (Wildman–Crippen MR) is 127 cm³/mol. The highest BCUT2D eigenvalue weighted by atomic mass is 32.2. The first-order valence-electron chi connectivity index (χ1n) is 10.0. The van der Waals surface area contributed by atoms with Gasteiger partial charge in [-0.15, -0.1) is 28.1 Å². The molecule has 0 saturated carbocycles. The number of hydrogen-bond acceptors (Lipinski definition) is 6. The Bertz CT molecular complexity index is 1240. The fraction of sp³-hybridized carbons (Fsp3) is 0.217. The van der Waals surface area contributed by atoms with Gasteiger partial charge in [0, 0.05) is 13.6 Å². The number of fused-ring (bicyclic) bond motifs is 1. The normalized spacial score (nSPS) is 12.1. The van der Waals surface area contributed by atoms with E-state index in [9.17, 15) is 9.18 Å². The first kappa shape index (κ1) is 22.2. The molecule has 4 rings (SSSR count). The Morgan fingerprint density at radius 3 is 2.75 bits per heavy atom. The summed E-state index contributed by atoms with van der Waals surface area (Å²) in [6.45, 7) is 6.45. The van der Waals surface area contributed by atoms with E-state index in [2.05, 4.69) is 21.8 Å². The molecule has 6 nitrogen and oxygen atoms in total. The summed E-state index contributed by atoms with van der Waals surface area (Å²) in [4.78, 5) is 19.3. The van der Waals surface area contributed by atoms with Gasteiger partial charge in [0.15, 0.2) is 11.0 Å². The minimum Gasteiger partial charge on any atom is -0.338 e. The quantitative estimate of drug-likeness (QED) is 0.269. The van der Waals surface area contributed by atoms with E-state index in [0.717, 1.165) is 15.2 Å². The van der Waals surface area contributed by atoms with Gasteiger partial charge in [0.1, 0.15) is 10.8 Å². The number of amides is 1. The third-order valence-electron chi connectivity index (χ3n) is 4.86. The summed E-state index contributed by atoms with van der Waals surface area (Å²) < 4.78 is 17.2. The number of para-hydroxylation sites is 1. The molecule has 0 aliphatic carbocycles. The summed E-state index contributed by atoms with van der Waals surface area (Å²) >= 11 is 2.88. The molecule has 0 aliphatic heterocycles. The van der Waals surface area contributed by atoms with Gasteiger partial charge in [0.2, 0.25) is 5.91 Å². The van der Waals surface area contributed by atoms with Crippen molar-refractivity contribution in [3.8, 4) is 11.4 Å². The van der Waals surface area contributed by atoms with E-state index < -0.39 is 5.25 Å². The molecule has 1 atom stereocenters. The third-order valence-corrected chi connectivity index (χ3v) is 6.95. The Morgan fingerprint density at radius 2 is 2.00 bits per heavy atom. The number of thioether (sulfide) groups is 1. The van der Waals surface area contributed by atoms with Gasteiger partial charge in [0.25, 0.3) is 0 Å². The molecule has 9 heteroatoms. The molecule has 2 aromatic carbocycles. The molecule has 1 amide bonds. The highest BCUT2D eigenvalue weighted by Gasteiger charge is 2.24. The maximum absolute atomic E-state index is 14.3. The summed E-state index contributed by atoms with van der Waals surface area (Å²) in [6.07, 6.45) is 1.70. The molecule has 0 spiro atoms. The minimum absolute atomic E-state index is 0.0464. The topological polar surface area (TPSA) is 63.9 Å². The smallest absolute Gasteiger partial charge is 0.236 e. The van der Waals surface area contributed by atoms with Gasteiger partial charge in [-0.25, -0.2) is 9.37 Å². The van der Waals surface area contributed by atoms with Crippen LogP contribution in [0.1, 0.15) is 11.9 Å². The van der Waals surface area contributed by atoms with Crippen molar-refractivity contribution in [2.24, 2.45) is 0 Å². The van der Waals surface area contributed by atoms with Gasteiger partial charge in [-0.1, -0.05) is 42.1 Å². The van der Waals surface area contributed by atoms with E-state index in [0.29, 0.717) is 29.6 Å². The number of nitrogens with zero attached hydrogens (tertiary/aromatic N) is 5. The number of carbonyl (C=O) groups is 1. The number of benzene rings is 2. The van der Waals surface area contributed by atoms with Crippen LogP contribution in [0.2, 0.25) is 0 Å². The van der Waals surface area contributed by atoms with E-state index in [1.165, 1.54) is 17.8 Å². The van der Waals surface area contributed by atoms with E-state index >= 15 is 0 Å². The minimum atomic E-state index is -0.407. The second-order valence-electron chi connectivity index (χ2n) is 7.22. The van der Waals surface area contributed by atoms with Gasteiger partial charge >= 0.3 is 0 Å². The lowest BCUT2D eigenvalue weighted by molar-refractivity contribution is -0.129. The Morgan fingerprint density at radius 1 is 1.25 bits per heavy atom. The van der Waals surface area contributed by atoms with Crippen LogP contribution >= 0.6 is 23.1 Å². The van der Waals surface area contributed by atoms with Crippen LogP contribution in [0.4, 0.5) is 4.39 Å². The van der Waals surface area contributed by atoms with Crippen LogP contribution in [0, 0.1) is 5.82 Å². The van der Waals surface area contributed by atoms with E-state index in [-0.39, 0.29) is 11.7 Å². The van der Waals surface area contributed by atoms with E-state index in [1.807, 2.05) is 31.2 Å². The second-order valence-corrected chi connectivity index (χ2v) is 9.64. The number of rotatable bonds is 8. The molecule has 0 fully saturated rings. The molecule has 4 aromatic rings. The average Bonchev–Trinajstić information content (AvgIpc) is 3.37. The summed E-state index contributed by atoms with van der Waals surface area (Å²) in [5, 5.41) is 9.43. The molecule has 0 N–H and O–H groups in total. The predicted octanol–water partition coefficient (Wildman–Crippen LogP) is 5.02. The van der Waals surface area contributed by atoms with Crippen LogP contribution < -0.4 is 0 Å². The Kier molecular flexibility index (Phi) is 6.66. The number of thiazole rings is 1. The molecular weight excluding hydrogens is 445 g/mol. The summed E-state index contributed by atoms with van der Waals surface area (Å²) in [5.74, 6) is -0.00992. The van der Waals surface area contributed by atoms with Crippen molar-refractivity contribution in [3.05, 3.63) is 72.0 Å². The molecule has 32 heavy (non-hydrogen) atoms. The summed E-state index contributed by atoms with van der Waals surface area (Å²) in [6, 6.07) is 14.4. The third kappa shape index (κ3) is 4.58. The van der Waals surface area contributed by atoms with Crippen LogP contribution in [0.15, 0.2) is 66.3 Å². The lowest BCUT2D eigenvalue weighted by Gasteiger charge is -2.20. The first-order chi connectivity index (χ1) is 15.5. The second kappa shape index (κ2) is 9.62. The molecular formula is C23H22FN5OS2. The van der Waals surface area contributed by atoms with Crippen LogP contribution in [0.3, 0.4) is 0 Å². The van der Waals surface area contributed by atoms with Crippen molar-refractivity contribution >= 4 is 39.2 Å². The van der Waals surface area contributed by atoms with E-state index in [1.54, 1.807) is 52.1 Å². The lowest BCUT2D eigenvalue weighted by Crippen LogP contribution is -2.33. The molecule has 0 saturated heterocycles. The standard InChI is InChI=1S/C23H22FN5OS2/c1-4-13-29-21(16-9-5-6-10-17(16)24)26-27-23(29)31-15(2)22(30)28(3)14-20-25-18-11-7-8-12-19(18)32-20/h4-12,15H,1,13-14H2,2-3H3. The van der Waals surface area contributed by atoms with Crippen molar-refractivity contribution in [2.75, 3.05) is 7.05 Å². The maximum Gasteiger partial charge on any atom is 0.236 e. The number of halogens is 1. The lowest BCUT2D eigenvalue weighted by atomic mass is 10.2. The van der Waals surface area contributed by atoms with Gasteiger partial charge in [-0.3, -0.25) is 9.36 Å². The molecule has 0 radical (unpaired) electrons. The van der Waals surface area contributed by atoms with Crippen LogP contribution in [-0.2, 0) is 17.9 Å². The van der Waals surface area contributed by atoms with Crippen LogP contribution in [-0.4, -0.2) is 42.9 Å². The zero-order chi connectivity index (χ0) is 22.7. The monoisotopic (exact) mass is 467 g/mol. The fourth-order valence-corrected chi connectivity index (χ4v) is 5.29. The van der Waals surface area contributed by atoms with Crippen LogP contribution in [0.25, 0.3) is 21.6 Å². The highest BCUT2D eigenvalue weighted by Crippen LogP contribution is 2.29. The molecule has 2 aromatic heterocycles. The van der Waals surface area contributed by atoms with E-state index in [4.69, 9.17) is 0 Å². The van der Waals surface area contributed by atoms with Gasteiger partial charge < -0.3 is 4.90 Å². The van der Waals surface area contributed by atoms with Crippen molar-refractivity contribution in [1.82, 2.24) is 24.6 Å².